The SMILES string of the molecule is CN1CC(Oc2cc(F)c(F)c(F)c2F)C1. The zero-order valence-corrected chi connectivity index (χ0v) is 8.44. The maximum absolute atomic E-state index is 13.1. The Hall–Kier alpha value is -1.30. The standard InChI is InChI=1S/C10H9F4NO/c1-15-3-5(4-15)16-7-2-6(11)8(12)10(14)9(7)13/h2,5H,3-4H2,1H3. The first-order valence-electron chi connectivity index (χ1n) is 4.67. The molecule has 1 fully saturated rings. The molecule has 16 heavy (non-hydrogen) atoms. The summed E-state index contributed by atoms with van der Waals surface area (Å²) in [4.78, 5) is 1.89. The second-order valence-corrected chi connectivity index (χ2v) is 3.76. The van der Waals surface area contributed by atoms with E-state index in [1.807, 2.05) is 11.9 Å². The molecule has 0 spiro atoms. The molecule has 2 nitrogen and oxygen atoms in total. The number of halogens is 4. The van der Waals surface area contributed by atoms with Crippen molar-refractivity contribution in [1.82, 2.24) is 4.90 Å². The minimum absolute atomic E-state index is 0.316. The Morgan fingerprint density at radius 2 is 1.75 bits per heavy atom. The van der Waals surface area contributed by atoms with Crippen LogP contribution in [-0.2, 0) is 0 Å². The summed E-state index contributed by atoms with van der Waals surface area (Å²) in [5.74, 6) is -7.21. The smallest absolute Gasteiger partial charge is 0.203 e. The third-order valence-electron chi connectivity index (χ3n) is 2.39. The molecule has 0 saturated carbocycles. The van der Waals surface area contributed by atoms with E-state index in [1.54, 1.807) is 0 Å². The molecule has 6 heteroatoms. The van der Waals surface area contributed by atoms with Crippen LogP contribution in [-0.4, -0.2) is 31.1 Å². The van der Waals surface area contributed by atoms with Gasteiger partial charge in [-0.2, -0.15) is 4.39 Å². The summed E-state index contributed by atoms with van der Waals surface area (Å²) in [6.07, 6.45) is -0.316. The van der Waals surface area contributed by atoms with Crippen LogP contribution in [0.5, 0.6) is 5.75 Å². The topological polar surface area (TPSA) is 12.5 Å². The lowest BCUT2D eigenvalue weighted by Crippen LogP contribution is -2.51. The maximum atomic E-state index is 13.1. The summed E-state index contributed by atoms with van der Waals surface area (Å²) in [6, 6.07) is 0.520. The Kier molecular flexibility index (Phi) is 2.75. The molecule has 1 aliphatic heterocycles. The van der Waals surface area contributed by atoms with Crippen LogP contribution in [0.25, 0.3) is 0 Å². The van der Waals surface area contributed by atoms with E-state index in [-0.39, 0.29) is 6.10 Å². The number of hydrogen-bond acceptors (Lipinski definition) is 2. The largest absolute Gasteiger partial charge is 0.484 e. The fourth-order valence-electron chi connectivity index (χ4n) is 1.53. The van der Waals surface area contributed by atoms with Crippen LogP contribution in [0.3, 0.4) is 0 Å². The molecule has 0 bridgehead atoms. The van der Waals surface area contributed by atoms with Crippen LogP contribution in [0, 0.1) is 23.3 Å². The average Bonchev–Trinajstić information content (AvgIpc) is 2.20. The summed E-state index contributed by atoms with van der Waals surface area (Å²) < 4.78 is 56.4. The fourth-order valence-corrected chi connectivity index (χ4v) is 1.53. The van der Waals surface area contributed by atoms with E-state index in [1.165, 1.54) is 0 Å². The number of ether oxygens (including phenoxy) is 1. The molecule has 0 atom stereocenters. The third kappa shape index (κ3) is 1.84. The number of nitrogens with zero attached hydrogens (tertiary/aromatic N) is 1. The van der Waals surface area contributed by atoms with Gasteiger partial charge in [0.2, 0.25) is 11.6 Å². The highest BCUT2D eigenvalue weighted by atomic mass is 19.2. The number of hydrogen-bond donors (Lipinski definition) is 0. The van der Waals surface area contributed by atoms with Gasteiger partial charge in [0, 0.05) is 19.2 Å². The molecule has 1 heterocycles. The highest BCUT2D eigenvalue weighted by molar-refractivity contribution is 5.28. The molecule has 0 aromatic heterocycles. The van der Waals surface area contributed by atoms with Crippen molar-refractivity contribution in [3.05, 3.63) is 29.3 Å². The second-order valence-electron chi connectivity index (χ2n) is 3.76. The monoisotopic (exact) mass is 235 g/mol. The number of benzene rings is 1. The number of likely N-dealkylation sites (tertiary alicyclic amines) is 1. The Morgan fingerprint density at radius 3 is 2.31 bits per heavy atom. The molecular formula is C10H9F4NO. The molecule has 0 unspecified atom stereocenters. The van der Waals surface area contributed by atoms with Crippen molar-refractivity contribution in [3.8, 4) is 5.75 Å². The quantitative estimate of drug-likeness (QED) is 0.441. The molecule has 2 rings (SSSR count). The Bertz CT molecular complexity index is 418. The van der Waals surface area contributed by atoms with E-state index in [0.29, 0.717) is 19.2 Å². The second kappa shape index (κ2) is 3.93. The molecule has 1 aromatic carbocycles. The van der Waals surface area contributed by atoms with Gasteiger partial charge in [0.15, 0.2) is 17.4 Å². The van der Waals surface area contributed by atoms with Crippen LogP contribution < -0.4 is 4.74 Å². The van der Waals surface area contributed by atoms with E-state index < -0.39 is 29.0 Å². The molecule has 1 aliphatic rings. The number of likely N-dealkylation sites (N-methyl/N-ethyl adjacent to an activating group) is 1. The zero-order chi connectivity index (χ0) is 11.9. The van der Waals surface area contributed by atoms with Gasteiger partial charge in [0.05, 0.1) is 0 Å². The third-order valence-corrected chi connectivity index (χ3v) is 2.39. The van der Waals surface area contributed by atoms with Crippen molar-refractivity contribution >= 4 is 0 Å². The predicted octanol–water partition coefficient (Wildman–Crippen LogP) is 1.94. The summed E-state index contributed by atoms with van der Waals surface area (Å²) in [5.41, 5.74) is 0. The van der Waals surface area contributed by atoms with Gasteiger partial charge in [-0.3, -0.25) is 4.90 Å². The lowest BCUT2D eigenvalue weighted by atomic mass is 10.2. The van der Waals surface area contributed by atoms with Crippen molar-refractivity contribution in [2.45, 2.75) is 6.10 Å². The highest BCUT2D eigenvalue weighted by Gasteiger charge is 2.28. The Morgan fingerprint density at radius 1 is 1.12 bits per heavy atom. The van der Waals surface area contributed by atoms with Gasteiger partial charge < -0.3 is 4.74 Å². The fraction of sp³-hybridized carbons (Fsp3) is 0.400. The van der Waals surface area contributed by atoms with Crippen LogP contribution in [0.2, 0.25) is 0 Å². The van der Waals surface area contributed by atoms with Crippen LogP contribution in [0.15, 0.2) is 6.07 Å². The van der Waals surface area contributed by atoms with E-state index in [2.05, 4.69) is 0 Å². The van der Waals surface area contributed by atoms with E-state index in [0.717, 1.165) is 0 Å². The highest BCUT2D eigenvalue weighted by Crippen LogP contribution is 2.26. The van der Waals surface area contributed by atoms with Gasteiger partial charge in [-0.25, -0.2) is 13.2 Å². The molecular weight excluding hydrogens is 226 g/mol. The van der Waals surface area contributed by atoms with Gasteiger partial charge in [-0.1, -0.05) is 0 Å². The summed E-state index contributed by atoms with van der Waals surface area (Å²) in [7, 11) is 1.82. The number of rotatable bonds is 2. The van der Waals surface area contributed by atoms with Gasteiger partial charge in [-0.05, 0) is 7.05 Å². The Labute approximate surface area is 89.4 Å². The van der Waals surface area contributed by atoms with Crippen molar-refractivity contribution in [1.29, 1.82) is 0 Å². The molecule has 1 saturated heterocycles. The maximum Gasteiger partial charge on any atom is 0.203 e. The molecule has 88 valence electrons. The molecule has 0 amide bonds. The normalized spacial score (nSPS) is 17.3. The molecule has 0 aliphatic carbocycles. The van der Waals surface area contributed by atoms with Gasteiger partial charge in [-0.15, -0.1) is 0 Å². The van der Waals surface area contributed by atoms with E-state index in [9.17, 15) is 17.6 Å². The van der Waals surface area contributed by atoms with Crippen molar-refractivity contribution in [2.75, 3.05) is 20.1 Å². The zero-order valence-electron chi connectivity index (χ0n) is 8.44. The van der Waals surface area contributed by atoms with Crippen molar-refractivity contribution in [2.24, 2.45) is 0 Å². The van der Waals surface area contributed by atoms with Gasteiger partial charge in [0.25, 0.3) is 0 Å². The first kappa shape index (κ1) is 11.2. The van der Waals surface area contributed by atoms with Crippen LogP contribution in [0.4, 0.5) is 17.6 Å². The first-order chi connectivity index (χ1) is 7.49. The lowest BCUT2D eigenvalue weighted by Gasteiger charge is -2.36. The lowest BCUT2D eigenvalue weighted by molar-refractivity contribution is 0.0351. The van der Waals surface area contributed by atoms with Crippen molar-refractivity contribution < 1.29 is 22.3 Å². The van der Waals surface area contributed by atoms with E-state index in [4.69, 9.17) is 4.74 Å². The summed E-state index contributed by atoms with van der Waals surface area (Å²) in [5, 5.41) is 0. The molecule has 0 N–H and O–H groups in total. The summed E-state index contributed by atoms with van der Waals surface area (Å²) >= 11 is 0. The van der Waals surface area contributed by atoms with Crippen molar-refractivity contribution in [3.63, 3.8) is 0 Å². The van der Waals surface area contributed by atoms with Crippen LogP contribution >= 0.6 is 0 Å². The average molecular weight is 235 g/mol. The summed E-state index contributed by atoms with van der Waals surface area (Å²) in [6.45, 7) is 1.08. The minimum Gasteiger partial charge on any atom is -0.484 e. The van der Waals surface area contributed by atoms with Gasteiger partial charge in [0.1, 0.15) is 6.10 Å². The molecule has 1 aromatic rings. The predicted molar refractivity (Wildman–Crippen MR) is 48.2 cm³/mol. The Balaban J connectivity index is 2.21. The van der Waals surface area contributed by atoms with E-state index >= 15 is 0 Å². The molecule has 0 radical (unpaired) electrons. The van der Waals surface area contributed by atoms with Crippen LogP contribution in [0.1, 0.15) is 0 Å². The van der Waals surface area contributed by atoms with Gasteiger partial charge >= 0.3 is 0 Å². The first-order valence-corrected chi connectivity index (χ1v) is 4.67. The minimum atomic E-state index is -1.84.